The number of hydrogen-bond donors (Lipinski definition) is 0. The monoisotopic (exact) mass is 246 g/mol. The molecule has 0 saturated carbocycles. The highest BCUT2D eigenvalue weighted by Crippen LogP contribution is 2.26. The molecule has 0 amide bonds. The lowest BCUT2D eigenvalue weighted by Crippen LogP contribution is -1.90. The SMILES string of the molecule is Cc1ncc(-c2ccccn2)cc1-c1ccccc1. The van der Waals surface area contributed by atoms with Crippen molar-refractivity contribution in [1.82, 2.24) is 9.97 Å². The molecule has 0 atom stereocenters. The Morgan fingerprint density at radius 3 is 2.32 bits per heavy atom. The summed E-state index contributed by atoms with van der Waals surface area (Å²) < 4.78 is 0. The largest absolute Gasteiger partial charge is 0.260 e. The van der Waals surface area contributed by atoms with Crippen molar-refractivity contribution in [3.63, 3.8) is 0 Å². The van der Waals surface area contributed by atoms with E-state index in [0.29, 0.717) is 0 Å². The molecule has 1 aromatic carbocycles. The zero-order valence-corrected chi connectivity index (χ0v) is 10.7. The second-order valence-electron chi connectivity index (χ2n) is 4.44. The van der Waals surface area contributed by atoms with Gasteiger partial charge in [0.25, 0.3) is 0 Å². The number of hydrogen-bond acceptors (Lipinski definition) is 2. The standard InChI is InChI=1S/C17H14N2/c1-13-16(14-7-3-2-4-8-14)11-15(12-19-13)17-9-5-6-10-18-17/h2-12H,1H3. The molecule has 2 nitrogen and oxygen atoms in total. The van der Waals surface area contributed by atoms with Crippen molar-refractivity contribution in [3.05, 3.63) is 72.7 Å². The molecular formula is C17H14N2. The van der Waals surface area contributed by atoms with Gasteiger partial charge in [0, 0.05) is 29.2 Å². The van der Waals surface area contributed by atoms with Crippen molar-refractivity contribution in [2.75, 3.05) is 0 Å². The summed E-state index contributed by atoms with van der Waals surface area (Å²) in [6.07, 6.45) is 3.68. The van der Waals surface area contributed by atoms with E-state index in [-0.39, 0.29) is 0 Å². The van der Waals surface area contributed by atoms with Crippen LogP contribution in [0.3, 0.4) is 0 Å². The van der Waals surface area contributed by atoms with Crippen LogP contribution in [0.1, 0.15) is 5.69 Å². The Morgan fingerprint density at radius 2 is 1.58 bits per heavy atom. The Morgan fingerprint density at radius 1 is 0.789 bits per heavy atom. The average molecular weight is 246 g/mol. The Labute approximate surface area is 112 Å². The molecule has 0 spiro atoms. The van der Waals surface area contributed by atoms with Crippen LogP contribution in [-0.2, 0) is 0 Å². The summed E-state index contributed by atoms with van der Waals surface area (Å²) >= 11 is 0. The first kappa shape index (κ1) is 11.6. The molecule has 0 fully saturated rings. The number of pyridine rings is 2. The van der Waals surface area contributed by atoms with E-state index in [2.05, 4.69) is 28.2 Å². The molecule has 0 saturated heterocycles. The van der Waals surface area contributed by atoms with Gasteiger partial charge in [0.15, 0.2) is 0 Å². The second-order valence-corrected chi connectivity index (χ2v) is 4.44. The zero-order valence-electron chi connectivity index (χ0n) is 10.7. The third-order valence-corrected chi connectivity index (χ3v) is 3.13. The maximum atomic E-state index is 4.49. The fraction of sp³-hybridized carbons (Fsp3) is 0.0588. The minimum atomic E-state index is 0.951. The number of nitrogens with zero attached hydrogens (tertiary/aromatic N) is 2. The zero-order chi connectivity index (χ0) is 13.1. The summed E-state index contributed by atoms with van der Waals surface area (Å²) in [5, 5.41) is 0. The molecule has 2 aromatic heterocycles. The summed E-state index contributed by atoms with van der Waals surface area (Å²) in [6, 6.07) is 18.4. The number of aryl methyl sites for hydroxylation is 1. The van der Waals surface area contributed by atoms with Crippen molar-refractivity contribution < 1.29 is 0 Å². The molecule has 0 unspecified atom stereocenters. The third kappa shape index (κ3) is 2.38. The summed E-state index contributed by atoms with van der Waals surface area (Å²) in [7, 11) is 0. The molecule has 0 aliphatic heterocycles. The first-order chi connectivity index (χ1) is 9.34. The van der Waals surface area contributed by atoms with E-state index in [0.717, 1.165) is 22.5 Å². The fourth-order valence-corrected chi connectivity index (χ4v) is 2.12. The van der Waals surface area contributed by atoms with E-state index in [1.54, 1.807) is 6.20 Å². The molecule has 92 valence electrons. The summed E-state index contributed by atoms with van der Waals surface area (Å²) in [5.41, 5.74) is 5.37. The van der Waals surface area contributed by atoms with Crippen LogP contribution in [0.4, 0.5) is 0 Å². The molecule has 0 aliphatic rings. The van der Waals surface area contributed by atoms with Gasteiger partial charge in [-0.3, -0.25) is 9.97 Å². The van der Waals surface area contributed by atoms with Gasteiger partial charge in [0.05, 0.1) is 5.69 Å². The van der Waals surface area contributed by atoms with E-state index in [1.807, 2.05) is 49.5 Å². The molecule has 3 rings (SSSR count). The molecular weight excluding hydrogens is 232 g/mol. The van der Waals surface area contributed by atoms with E-state index in [1.165, 1.54) is 5.56 Å². The highest BCUT2D eigenvalue weighted by Gasteiger charge is 2.06. The third-order valence-electron chi connectivity index (χ3n) is 3.13. The van der Waals surface area contributed by atoms with E-state index >= 15 is 0 Å². The quantitative estimate of drug-likeness (QED) is 0.679. The normalized spacial score (nSPS) is 10.4. The topological polar surface area (TPSA) is 25.8 Å². The van der Waals surface area contributed by atoms with Crippen LogP contribution in [0.5, 0.6) is 0 Å². The molecule has 0 radical (unpaired) electrons. The minimum absolute atomic E-state index is 0.951. The average Bonchev–Trinajstić information content (AvgIpc) is 2.49. The minimum Gasteiger partial charge on any atom is -0.260 e. The van der Waals surface area contributed by atoms with Crippen LogP contribution in [0.25, 0.3) is 22.4 Å². The first-order valence-electron chi connectivity index (χ1n) is 6.28. The van der Waals surface area contributed by atoms with Crippen molar-refractivity contribution >= 4 is 0 Å². The highest BCUT2D eigenvalue weighted by atomic mass is 14.7. The summed E-state index contributed by atoms with van der Waals surface area (Å²) in [6.45, 7) is 2.03. The Balaban J connectivity index is 2.12. The van der Waals surface area contributed by atoms with Gasteiger partial charge in [-0.15, -0.1) is 0 Å². The van der Waals surface area contributed by atoms with Gasteiger partial charge in [0.1, 0.15) is 0 Å². The van der Waals surface area contributed by atoms with Gasteiger partial charge < -0.3 is 0 Å². The Hall–Kier alpha value is -2.48. The van der Waals surface area contributed by atoms with Crippen molar-refractivity contribution in [3.8, 4) is 22.4 Å². The van der Waals surface area contributed by atoms with Crippen LogP contribution in [0.15, 0.2) is 67.0 Å². The maximum Gasteiger partial charge on any atom is 0.0717 e. The van der Waals surface area contributed by atoms with Gasteiger partial charge in [-0.05, 0) is 30.7 Å². The number of aromatic nitrogens is 2. The highest BCUT2D eigenvalue weighted by molar-refractivity contribution is 5.72. The van der Waals surface area contributed by atoms with Crippen molar-refractivity contribution in [2.24, 2.45) is 0 Å². The van der Waals surface area contributed by atoms with Gasteiger partial charge in [-0.1, -0.05) is 36.4 Å². The van der Waals surface area contributed by atoms with Crippen LogP contribution < -0.4 is 0 Å². The Bertz CT molecular complexity index is 676. The van der Waals surface area contributed by atoms with Gasteiger partial charge >= 0.3 is 0 Å². The van der Waals surface area contributed by atoms with Crippen LogP contribution in [0.2, 0.25) is 0 Å². The van der Waals surface area contributed by atoms with Crippen LogP contribution >= 0.6 is 0 Å². The van der Waals surface area contributed by atoms with Crippen LogP contribution in [-0.4, -0.2) is 9.97 Å². The predicted molar refractivity (Wildman–Crippen MR) is 77.6 cm³/mol. The van der Waals surface area contributed by atoms with Gasteiger partial charge in [0.2, 0.25) is 0 Å². The summed E-state index contributed by atoms with van der Waals surface area (Å²) in [4.78, 5) is 8.87. The maximum absolute atomic E-state index is 4.49. The van der Waals surface area contributed by atoms with E-state index < -0.39 is 0 Å². The Kier molecular flexibility index (Phi) is 3.07. The first-order valence-corrected chi connectivity index (χ1v) is 6.28. The molecule has 0 N–H and O–H groups in total. The van der Waals surface area contributed by atoms with Crippen molar-refractivity contribution in [2.45, 2.75) is 6.92 Å². The van der Waals surface area contributed by atoms with E-state index in [4.69, 9.17) is 0 Å². The molecule has 0 bridgehead atoms. The molecule has 0 aliphatic carbocycles. The second kappa shape index (κ2) is 5.02. The lowest BCUT2D eigenvalue weighted by molar-refractivity contribution is 1.19. The molecule has 19 heavy (non-hydrogen) atoms. The number of benzene rings is 1. The summed E-state index contributed by atoms with van der Waals surface area (Å²) in [5.74, 6) is 0. The predicted octanol–water partition coefficient (Wildman–Crippen LogP) is 4.12. The lowest BCUT2D eigenvalue weighted by Gasteiger charge is -2.08. The smallest absolute Gasteiger partial charge is 0.0717 e. The van der Waals surface area contributed by atoms with Gasteiger partial charge in [-0.2, -0.15) is 0 Å². The fourth-order valence-electron chi connectivity index (χ4n) is 2.12. The number of rotatable bonds is 2. The van der Waals surface area contributed by atoms with Gasteiger partial charge in [-0.25, -0.2) is 0 Å². The molecule has 2 heterocycles. The van der Waals surface area contributed by atoms with E-state index in [9.17, 15) is 0 Å². The molecule has 2 heteroatoms. The van der Waals surface area contributed by atoms with Crippen molar-refractivity contribution in [1.29, 1.82) is 0 Å². The lowest BCUT2D eigenvalue weighted by atomic mass is 10.0. The molecule has 3 aromatic rings. The van der Waals surface area contributed by atoms with Crippen LogP contribution in [0, 0.1) is 6.92 Å².